The summed E-state index contributed by atoms with van der Waals surface area (Å²) >= 11 is 9.90. The number of hydrogen-bond donors (Lipinski definition) is 3. The van der Waals surface area contributed by atoms with E-state index in [4.69, 9.17) is 35.6 Å². The zero-order valence-electron chi connectivity index (χ0n) is 9.62. The first kappa shape index (κ1) is 14.3. The van der Waals surface area contributed by atoms with Crippen molar-refractivity contribution in [2.45, 2.75) is 24.1 Å². The maximum Gasteiger partial charge on any atom is 0.182 e. The summed E-state index contributed by atoms with van der Waals surface area (Å²) in [5.41, 5.74) is -1.77. The second-order valence-electron chi connectivity index (χ2n) is 4.11. The Kier molecular flexibility index (Phi) is 3.85. The number of aromatic nitrogens is 2. The summed E-state index contributed by atoms with van der Waals surface area (Å²) in [7, 11) is 0. The van der Waals surface area contributed by atoms with Crippen LogP contribution in [0.1, 0.15) is 6.23 Å². The van der Waals surface area contributed by atoms with Crippen molar-refractivity contribution in [2.75, 3.05) is 6.61 Å². The van der Waals surface area contributed by atoms with Crippen LogP contribution in [0.3, 0.4) is 0 Å². The number of H-pyrrole nitrogens is 1. The molecule has 3 N–H and O–H groups in total. The van der Waals surface area contributed by atoms with E-state index in [0.717, 1.165) is 0 Å². The molecule has 0 saturated carbocycles. The van der Waals surface area contributed by atoms with Gasteiger partial charge in [0.25, 0.3) is 0 Å². The van der Waals surface area contributed by atoms with Crippen LogP contribution in [0.4, 0.5) is 4.39 Å². The van der Waals surface area contributed by atoms with Gasteiger partial charge in [0.1, 0.15) is 10.7 Å². The van der Waals surface area contributed by atoms with Gasteiger partial charge in [-0.3, -0.25) is 4.57 Å². The van der Waals surface area contributed by atoms with E-state index in [1.54, 1.807) is 0 Å². The van der Waals surface area contributed by atoms with Crippen LogP contribution in [-0.2, 0) is 4.74 Å². The Morgan fingerprint density at radius 3 is 2.79 bits per heavy atom. The number of halogens is 1. The Balaban J connectivity index is 2.46. The van der Waals surface area contributed by atoms with Crippen molar-refractivity contribution in [2.24, 2.45) is 0 Å². The molecular weight excluding hydrogens is 291 g/mol. The van der Waals surface area contributed by atoms with Crippen molar-refractivity contribution in [3.63, 3.8) is 0 Å². The maximum atomic E-state index is 14.1. The lowest BCUT2D eigenvalue weighted by atomic mass is 9.98. The fraction of sp³-hybridized carbons (Fsp3) is 0.455. The average molecular weight is 302 g/mol. The first-order chi connectivity index (χ1) is 8.95. The molecular formula is C11H11FN2O3S2. The molecule has 0 amide bonds. The molecule has 1 aromatic heterocycles. The lowest BCUT2D eigenvalue weighted by molar-refractivity contribution is -0.0917. The van der Waals surface area contributed by atoms with Crippen LogP contribution in [0.25, 0.3) is 0 Å². The SMILES string of the molecule is C#CC1(CO)OC(n2ccc(=S)[nH]c2=S)C(F)C1O. The highest BCUT2D eigenvalue weighted by molar-refractivity contribution is 7.72. The Morgan fingerprint density at radius 1 is 1.63 bits per heavy atom. The number of ether oxygens (including phenoxy) is 1. The molecule has 5 nitrogen and oxygen atoms in total. The summed E-state index contributed by atoms with van der Waals surface area (Å²) in [5.74, 6) is 2.10. The van der Waals surface area contributed by atoms with E-state index in [2.05, 4.69) is 10.9 Å². The third-order valence-electron chi connectivity index (χ3n) is 2.99. The third-order valence-corrected chi connectivity index (χ3v) is 3.54. The molecule has 19 heavy (non-hydrogen) atoms. The molecule has 1 saturated heterocycles. The zero-order chi connectivity index (χ0) is 14.2. The number of nitrogens with one attached hydrogen (secondary N) is 1. The van der Waals surface area contributed by atoms with Gasteiger partial charge in [-0.1, -0.05) is 18.1 Å². The van der Waals surface area contributed by atoms with Gasteiger partial charge in [-0.2, -0.15) is 0 Å². The molecule has 1 fully saturated rings. The largest absolute Gasteiger partial charge is 0.392 e. The molecule has 0 bridgehead atoms. The number of nitrogens with zero attached hydrogens (tertiary/aromatic N) is 1. The van der Waals surface area contributed by atoms with Crippen LogP contribution in [0.15, 0.2) is 12.3 Å². The molecule has 0 aromatic carbocycles. The minimum atomic E-state index is -1.82. The summed E-state index contributed by atoms with van der Waals surface area (Å²) in [4.78, 5) is 2.66. The number of terminal acetylenes is 1. The second-order valence-corrected chi connectivity index (χ2v) is 4.93. The highest BCUT2D eigenvalue weighted by Gasteiger charge is 2.55. The van der Waals surface area contributed by atoms with Gasteiger partial charge >= 0.3 is 0 Å². The molecule has 1 aliphatic rings. The van der Waals surface area contributed by atoms with Gasteiger partial charge < -0.3 is 19.9 Å². The minimum absolute atomic E-state index is 0.137. The van der Waals surface area contributed by atoms with Crippen LogP contribution < -0.4 is 0 Å². The Bertz CT molecular complexity index is 638. The number of aliphatic hydroxyl groups excluding tert-OH is 2. The third kappa shape index (κ3) is 2.24. The van der Waals surface area contributed by atoms with Crippen molar-refractivity contribution in [1.29, 1.82) is 0 Å². The van der Waals surface area contributed by atoms with Gasteiger partial charge in [-0.25, -0.2) is 4.39 Å². The van der Waals surface area contributed by atoms with Crippen LogP contribution in [-0.4, -0.2) is 44.2 Å². The van der Waals surface area contributed by atoms with E-state index in [-0.39, 0.29) is 4.77 Å². The molecule has 4 unspecified atom stereocenters. The van der Waals surface area contributed by atoms with Gasteiger partial charge in [0.15, 0.2) is 22.8 Å². The number of aromatic amines is 1. The van der Waals surface area contributed by atoms with Gasteiger partial charge in [0.2, 0.25) is 0 Å². The summed E-state index contributed by atoms with van der Waals surface area (Å²) in [6, 6.07) is 1.50. The number of alkyl halides is 1. The summed E-state index contributed by atoms with van der Waals surface area (Å²) in [6.07, 6.45) is 1.97. The van der Waals surface area contributed by atoms with Crippen molar-refractivity contribution in [3.8, 4) is 12.3 Å². The molecule has 1 aliphatic heterocycles. The quantitative estimate of drug-likeness (QED) is 0.558. The molecule has 2 rings (SSSR count). The van der Waals surface area contributed by atoms with E-state index >= 15 is 0 Å². The molecule has 1 aromatic rings. The molecule has 102 valence electrons. The zero-order valence-corrected chi connectivity index (χ0v) is 11.2. The molecule has 0 radical (unpaired) electrons. The van der Waals surface area contributed by atoms with Crippen LogP contribution >= 0.6 is 24.4 Å². The van der Waals surface area contributed by atoms with E-state index in [0.29, 0.717) is 4.64 Å². The Labute approximate surface area is 118 Å². The lowest BCUT2D eigenvalue weighted by Gasteiger charge is -2.23. The van der Waals surface area contributed by atoms with Crippen LogP contribution in [0, 0.1) is 21.8 Å². The standard InChI is InChI=1S/C11H11FN2O3S2/c1-2-11(5-15)8(16)7(12)9(17-11)14-4-3-6(18)13-10(14)19/h1,3-4,7-9,15-16H,5H2,(H,13,18,19). The number of rotatable bonds is 2. The molecule has 8 heteroatoms. The van der Waals surface area contributed by atoms with Gasteiger partial charge in [-0.15, -0.1) is 6.42 Å². The lowest BCUT2D eigenvalue weighted by Crippen LogP contribution is -2.44. The fourth-order valence-corrected chi connectivity index (χ4v) is 2.39. The van der Waals surface area contributed by atoms with E-state index in [9.17, 15) is 14.6 Å². The van der Waals surface area contributed by atoms with Gasteiger partial charge in [-0.05, 0) is 18.3 Å². The highest BCUT2D eigenvalue weighted by Crippen LogP contribution is 2.38. The summed E-state index contributed by atoms with van der Waals surface area (Å²) in [5, 5.41) is 19.0. The van der Waals surface area contributed by atoms with Gasteiger partial charge in [0.05, 0.1) is 6.61 Å². The Hall–Kier alpha value is -1.11. The van der Waals surface area contributed by atoms with Crippen LogP contribution in [0.5, 0.6) is 0 Å². The predicted octanol–water partition coefficient (Wildman–Crippen LogP) is 0.867. The van der Waals surface area contributed by atoms with E-state index in [1.807, 2.05) is 0 Å². The summed E-state index contributed by atoms with van der Waals surface area (Å²) in [6.45, 7) is -0.697. The number of aliphatic hydroxyl groups is 2. The monoisotopic (exact) mass is 302 g/mol. The predicted molar refractivity (Wildman–Crippen MR) is 70.1 cm³/mol. The fourth-order valence-electron chi connectivity index (χ4n) is 1.90. The highest BCUT2D eigenvalue weighted by atomic mass is 32.1. The Morgan fingerprint density at radius 2 is 2.32 bits per heavy atom. The van der Waals surface area contributed by atoms with Crippen LogP contribution in [0.2, 0.25) is 0 Å². The number of hydrogen-bond acceptors (Lipinski definition) is 5. The first-order valence-electron chi connectivity index (χ1n) is 5.35. The van der Waals surface area contributed by atoms with Crippen molar-refractivity contribution < 1.29 is 19.3 Å². The van der Waals surface area contributed by atoms with Crippen molar-refractivity contribution in [1.82, 2.24) is 9.55 Å². The first-order valence-corrected chi connectivity index (χ1v) is 6.17. The molecule has 0 spiro atoms. The second kappa shape index (κ2) is 5.11. The smallest absolute Gasteiger partial charge is 0.182 e. The molecule has 4 atom stereocenters. The van der Waals surface area contributed by atoms with Crippen molar-refractivity contribution in [3.05, 3.63) is 21.7 Å². The molecule has 0 aliphatic carbocycles. The maximum absolute atomic E-state index is 14.1. The normalized spacial score (nSPS) is 34.1. The topological polar surface area (TPSA) is 70.4 Å². The van der Waals surface area contributed by atoms with E-state index in [1.165, 1.54) is 16.8 Å². The van der Waals surface area contributed by atoms with Gasteiger partial charge in [0, 0.05) is 6.20 Å². The van der Waals surface area contributed by atoms with Crippen molar-refractivity contribution >= 4 is 24.4 Å². The average Bonchev–Trinajstić information content (AvgIpc) is 2.64. The minimum Gasteiger partial charge on any atom is -0.392 e. The molecule has 2 heterocycles. The summed E-state index contributed by atoms with van der Waals surface area (Å²) < 4.78 is 21.2. The van der Waals surface area contributed by atoms with E-state index < -0.39 is 30.7 Å².